The predicted molar refractivity (Wildman–Crippen MR) is 44.1 cm³/mol. The minimum atomic E-state index is -0.0791. The Morgan fingerprint density at radius 2 is 2.38 bits per heavy atom. The molecule has 1 aromatic rings. The van der Waals surface area contributed by atoms with Crippen molar-refractivity contribution in [3.05, 3.63) is 18.0 Å². The monoisotopic (exact) mass is 180 g/mol. The molecule has 5 nitrogen and oxygen atoms in total. The number of aromatic amines is 1. The second-order valence-electron chi connectivity index (χ2n) is 2.78. The van der Waals surface area contributed by atoms with Crippen LogP contribution < -0.4 is 0 Å². The Balaban J connectivity index is 2.04. The number of carbonyl (C=O) groups is 1. The zero-order valence-corrected chi connectivity index (χ0v) is 7.12. The molecule has 0 atom stereocenters. The molecule has 0 unspecified atom stereocenters. The van der Waals surface area contributed by atoms with Gasteiger partial charge in [-0.3, -0.25) is 9.89 Å². The van der Waals surface area contributed by atoms with Crippen molar-refractivity contribution in [1.82, 2.24) is 15.1 Å². The zero-order valence-electron chi connectivity index (χ0n) is 7.12. The van der Waals surface area contributed by atoms with Crippen LogP contribution in [0.25, 0.3) is 0 Å². The molecule has 13 heavy (non-hydrogen) atoms. The number of morpholine rings is 1. The zero-order chi connectivity index (χ0) is 9.10. The molecule has 69 valence electrons. The lowest BCUT2D eigenvalue weighted by atomic mass is 10.3. The van der Waals surface area contributed by atoms with E-state index in [4.69, 9.17) is 4.74 Å². The molecule has 1 amide bonds. The summed E-state index contributed by atoms with van der Waals surface area (Å²) in [5.41, 5.74) is 0.349. The van der Waals surface area contributed by atoms with Gasteiger partial charge in [-0.2, -0.15) is 5.10 Å². The summed E-state index contributed by atoms with van der Waals surface area (Å²) in [6.45, 7) is 2.49. The van der Waals surface area contributed by atoms with E-state index in [2.05, 4.69) is 16.3 Å². The van der Waals surface area contributed by atoms with E-state index in [0.717, 1.165) is 0 Å². The number of hydrogen-bond acceptors (Lipinski definition) is 3. The fraction of sp³-hybridized carbons (Fsp3) is 0.500. The quantitative estimate of drug-likeness (QED) is 0.644. The lowest BCUT2D eigenvalue weighted by Gasteiger charge is -2.25. The molecule has 0 bridgehead atoms. The highest BCUT2D eigenvalue weighted by Crippen LogP contribution is 2.03. The van der Waals surface area contributed by atoms with Crippen LogP contribution in [0.4, 0.5) is 0 Å². The van der Waals surface area contributed by atoms with Gasteiger partial charge in [-0.05, 0) is 0 Å². The third-order valence-electron chi connectivity index (χ3n) is 1.95. The van der Waals surface area contributed by atoms with Crippen LogP contribution in [-0.4, -0.2) is 47.3 Å². The first-order valence-corrected chi connectivity index (χ1v) is 4.16. The van der Waals surface area contributed by atoms with Gasteiger partial charge >= 0.3 is 0 Å². The van der Waals surface area contributed by atoms with Crippen molar-refractivity contribution < 1.29 is 9.53 Å². The minimum absolute atomic E-state index is 0.0791. The average molecular weight is 180 g/mol. The van der Waals surface area contributed by atoms with Gasteiger partial charge in [-0.15, -0.1) is 0 Å². The number of ether oxygens (including phenoxy) is 1. The molecule has 0 aliphatic carbocycles. The second kappa shape index (κ2) is 3.57. The molecule has 1 radical (unpaired) electrons. The van der Waals surface area contributed by atoms with Crippen LogP contribution in [0.3, 0.4) is 0 Å². The first-order chi connectivity index (χ1) is 6.38. The molecule has 1 aromatic heterocycles. The summed E-state index contributed by atoms with van der Waals surface area (Å²) in [6.07, 6.45) is 1.52. The van der Waals surface area contributed by atoms with Crippen LogP contribution in [0.5, 0.6) is 0 Å². The molecule has 1 aliphatic heterocycles. The van der Waals surface area contributed by atoms with Crippen LogP contribution in [0.1, 0.15) is 10.5 Å². The summed E-state index contributed by atoms with van der Waals surface area (Å²) >= 11 is 0. The number of hydrogen-bond donors (Lipinski definition) is 1. The van der Waals surface area contributed by atoms with Crippen LogP contribution in [0.2, 0.25) is 0 Å². The Kier molecular flexibility index (Phi) is 2.27. The molecule has 0 saturated carbocycles. The van der Waals surface area contributed by atoms with Crippen LogP contribution in [-0.2, 0) is 4.74 Å². The van der Waals surface area contributed by atoms with E-state index < -0.39 is 0 Å². The molecule has 0 spiro atoms. The van der Waals surface area contributed by atoms with Crippen molar-refractivity contribution in [1.29, 1.82) is 0 Å². The lowest BCUT2D eigenvalue weighted by Crippen LogP contribution is -2.40. The third-order valence-corrected chi connectivity index (χ3v) is 1.95. The molecule has 1 fully saturated rings. The number of amides is 1. The summed E-state index contributed by atoms with van der Waals surface area (Å²) in [5, 5.41) is 6.34. The fourth-order valence-electron chi connectivity index (χ4n) is 1.26. The van der Waals surface area contributed by atoms with E-state index in [9.17, 15) is 4.79 Å². The smallest absolute Gasteiger partial charge is 0.275 e. The number of carbonyl (C=O) groups excluding carboxylic acids is 1. The first kappa shape index (κ1) is 8.25. The summed E-state index contributed by atoms with van der Waals surface area (Å²) in [5.74, 6) is -0.0791. The van der Waals surface area contributed by atoms with Gasteiger partial charge < -0.3 is 9.64 Å². The number of aromatic nitrogens is 2. The Labute approximate surface area is 75.7 Å². The Bertz CT molecular complexity index is 278. The number of nitrogens with one attached hydrogen (secondary N) is 1. The van der Waals surface area contributed by atoms with Crippen molar-refractivity contribution in [2.45, 2.75) is 0 Å². The van der Waals surface area contributed by atoms with Gasteiger partial charge in [0, 0.05) is 25.4 Å². The van der Waals surface area contributed by atoms with Crippen LogP contribution in [0.15, 0.2) is 6.20 Å². The molecule has 1 N–H and O–H groups in total. The van der Waals surface area contributed by atoms with E-state index in [0.29, 0.717) is 32.0 Å². The normalized spacial score (nSPS) is 17.4. The van der Waals surface area contributed by atoms with E-state index in [-0.39, 0.29) is 5.91 Å². The van der Waals surface area contributed by atoms with Gasteiger partial charge in [-0.1, -0.05) is 0 Å². The third kappa shape index (κ3) is 1.70. The highest BCUT2D eigenvalue weighted by atomic mass is 16.5. The predicted octanol–water partition coefficient (Wildman–Crippen LogP) is -0.318. The molecular formula is C8H10N3O2. The lowest BCUT2D eigenvalue weighted by molar-refractivity contribution is 0.0299. The number of nitrogens with zero attached hydrogens (tertiary/aromatic N) is 2. The maximum absolute atomic E-state index is 11.6. The van der Waals surface area contributed by atoms with Gasteiger partial charge in [0.1, 0.15) is 0 Å². The molecule has 0 aromatic carbocycles. The van der Waals surface area contributed by atoms with Crippen molar-refractivity contribution in [3.63, 3.8) is 0 Å². The fourth-order valence-corrected chi connectivity index (χ4v) is 1.26. The maximum atomic E-state index is 11.6. The van der Waals surface area contributed by atoms with Crippen molar-refractivity contribution in [2.75, 3.05) is 26.3 Å². The van der Waals surface area contributed by atoms with Crippen LogP contribution in [0, 0.1) is 6.07 Å². The molecule has 2 heterocycles. The maximum Gasteiger partial charge on any atom is 0.275 e. The minimum Gasteiger partial charge on any atom is -0.378 e. The standard InChI is InChI=1S/C8H10N3O2/c12-8(7-1-2-9-10-7)11-3-5-13-6-4-11/h2H,3-6H2,(H,9,10). The van der Waals surface area contributed by atoms with E-state index >= 15 is 0 Å². The van der Waals surface area contributed by atoms with Gasteiger partial charge in [0.25, 0.3) is 5.91 Å². The summed E-state index contributed by atoms with van der Waals surface area (Å²) < 4.78 is 5.13. The first-order valence-electron chi connectivity index (χ1n) is 4.16. The average Bonchev–Trinajstić information content (AvgIpc) is 2.71. The topological polar surface area (TPSA) is 58.2 Å². The Morgan fingerprint density at radius 3 is 3.00 bits per heavy atom. The summed E-state index contributed by atoms with van der Waals surface area (Å²) in [7, 11) is 0. The molecule has 5 heteroatoms. The van der Waals surface area contributed by atoms with Gasteiger partial charge in [0.05, 0.1) is 13.2 Å². The second-order valence-corrected chi connectivity index (χ2v) is 2.78. The SMILES string of the molecule is O=C(c1[c]c[nH]n1)N1CCOCC1. The van der Waals surface area contributed by atoms with Crippen molar-refractivity contribution in [2.24, 2.45) is 0 Å². The van der Waals surface area contributed by atoms with Crippen LogP contribution >= 0.6 is 0 Å². The van der Waals surface area contributed by atoms with E-state index in [1.165, 1.54) is 6.20 Å². The van der Waals surface area contributed by atoms with Gasteiger partial charge in [-0.25, -0.2) is 0 Å². The van der Waals surface area contributed by atoms with Gasteiger partial charge in [0.15, 0.2) is 5.69 Å². The molecule has 1 saturated heterocycles. The van der Waals surface area contributed by atoms with E-state index in [1.807, 2.05) is 0 Å². The highest BCUT2D eigenvalue weighted by molar-refractivity contribution is 5.91. The molecule has 1 aliphatic rings. The number of rotatable bonds is 1. The van der Waals surface area contributed by atoms with E-state index in [1.54, 1.807) is 4.90 Å². The summed E-state index contributed by atoms with van der Waals surface area (Å²) in [6, 6.07) is 2.74. The molecular weight excluding hydrogens is 170 g/mol. The molecule has 2 rings (SSSR count). The Morgan fingerprint density at radius 1 is 1.62 bits per heavy atom. The summed E-state index contributed by atoms with van der Waals surface area (Å²) in [4.78, 5) is 13.3. The Hall–Kier alpha value is -1.36. The largest absolute Gasteiger partial charge is 0.378 e. The highest BCUT2D eigenvalue weighted by Gasteiger charge is 2.19. The number of H-pyrrole nitrogens is 1. The van der Waals surface area contributed by atoms with Gasteiger partial charge in [0.2, 0.25) is 0 Å². The van der Waals surface area contributed by atoms with Crippen molar-refractivity contribution >= 4 is 5.91 Å². The van der Waals surface area contributed by atoms with Crippen molar-refractivity contribution in [3.8, 4) is 0 Å².